The third-order valence-corrected chi connectivity index (χ3v) is 6.51. The first-order valence-corrected chi connectivity index (χ1v) is 10.3. The molecule has 0 spiro atoms. The Labute approximate surface area is 169 Å². The molecule has 0 bridgehead atoms. The average Bonchev–Trinajstić information content (AvgIpc) is 2.66. The molecule has 0 aliphatic heterocycles. The van der Waals surface area contributed by atoms with Crippen LogP contribution in [-0.4, -0.2) is 42.7 Å². The number of pyridine rings is 2. The molecule has 1 N–H and O–H groups in total. The highest BCUT2D eigenvalue weighted by atomic mass is 79.9. The van der Waals surface area contributed by atoms with Crippen LogP contribution in [0.2, 0.25) is 0 Å². The van der Waals surface area contributed by atoms with Gasteiger partial charge in [-0.1, -0.05) is 6.07 Å². The van der Waals surface area contributed by atoms with Gasteiger partial charge in [0.15, 0.2) is 0 Å². The fourth-order valence-corrected chi connectivity index (χ4v) is 4.18. The summed E-state index contributed by atoms with van der Waals surface area (Å²) in [5.41, 5.74) is 0.978. The highest BCUT2D eigenvalue weighted by Gasteiger charge is 2.22. The van der Waals surface area contributed by atoms with Crippen LogP contribution in [-0.2, 0) is 16.6 Å². The largest absolute Gasteiger partial charge is 0.347 e. The van der Waals surface area contributed by atoms with Crippen molar-refractivity contribution in [3.63, 3.8) is 0 Å². The molecule has 0 aliphatic rings. The molecule has 0 saturated heterocycles. The molecular weight excluding hydrogens is 451 g/mol. The number of halogens is 2. The first-order valence-electron chi connectivity index (χ1n) is 8.10. The lowest BCUT2D eigenvalue weighted by molar-refractivity contribution is 0.0945. The molecule has 7 nitrogen and oxygen atoms in total. The van der Waals surface area contributed by atoms with Gasteiger partial charge in [-0.05, 0) is 51.8 Å². The van der Waals surface area contributed by atoms with E-state index in [4.69, 9.17) is 0 Å². The number of fused-ring (bicyclic) bond motifs is 1. The molecule has 0 aliphatic carbocycles. The van der Waals surface area contributed by atoms with Crippen molar-refractivity contribution in [2.45, 2.75) is 11.4 Å². The zero-order valence-corrected chi connectivity index (χ0v) is 17.4. The lowest BCUT2D eigenvalue weighted by Gasteiger charge is -2.15. The predicted molar refractivity (Wildman–Crippen MR) is 106 cm³/mol. The van der Waals surface area contributed by atoms with E-state index in [2.05, 4.69) is 31.2 Å². The Morgan fingerprint density at radius 1 is 1.25 bits per heavy atom. The van der Waals surface area contributed by atoms with Crippen LogP contribution < -0.4 is 5.32 Å². The van der Waals surface area contributed by atoms with Crippen molar-refractivity contribution in [1.29, 1.82) is 0 Å². The number of carbonyl (C=O) groups excluding carboxylic acids is 1. The number of amides is 1. The number of nitrogens with one attached hydrogen (secondary N) is 1. The quantitative estimate of drug-likeness (QED) is 0.583. The summed E-state index contributed by atoms with van der Waals surface area (Å²) in [5.74, 6) is -1.19. The van der Waals surface area contributed by atoms with Gasteiger partial charge in [-0.3, -0.25) is 9.78 Å². The Morgan fingerprint density at radius 2 is 2.00 bits per heavy atom. The molecule has 0 atom stereocenters. The van der Waals surface area contributed by atoms with Crippen molar-refractivity contribution < 1.29 is 17.6 Å². The molecule has 0 unspecified atom stereocenters. The topological polar surface area (TPSA) is 92.3 Å². The summed E-state index contributed by atoms with van der Waals surface area (Å²) in [4.78, 5) is 20.7. The van der Waals surface area contributed by atoms with Crippen LogP contribution in [0.15, 0.2) is 52.1 Å². The van der Waals surface area contributed by atoms with E-state index in [1.54, 1.807) is 12.3 Å². The Hall–Kier alpha value is -2.43. The van der Waals surface area contributed by atoms with Crippen molar-refractivity contribution in [2.75, 3.05) is 14.1 Å². The lowest BCUT2D eigenvalue weighted by atomic mass is 10.2. The summed E-state index contributed by atoms with van der Waals surface area (Å²) in [6.45, 7) is -0.110. The van der Waals surface area contributed by atoms with Gasteiger partial charge in [0.2, 0.25) is 10.0 Å². The molecule has 1 aromatic carbocycles. The van der Waals surface area contributed by atoms with Gasteiger partial charge in [0.25, 0.3) is 5.91 Å². The van der Waals surface area contributed by atoms with Crippen molar-refractivity contribution in [3.05, 3.63) is 64.3 Å². The highest BCUT2D eigenvalue weighted by Crippen LogP contribution is 2.22. The third-order valence-electron chi connectivity index (χ3n) is 4.01. The maximum absolute atomic E-state index is 13.6. The van der Waals surface area contributed by atoms with Crippen LogP contribution in [0.1, 0.15) is 16.1 Å². The minimum atomic E-state index is -3.87. The zero-order chi connectivity index (χ0) is 20.5. The average molecular weight is 467 g/mol. The number of hydrogen-bond donors (Lipinski definition) is 1. The van der Waals surface area contributed by atoms with Crippen LogP contribution in [0.3, 0.4) is 0 Å². The number of sulfonamides is 1. The summed E-state index contributed by atoms with van der Waals surface area (Å²) in [6.07, 6.45) is 1.60. The number of nitrogens with zero attached hydrogens (tertiary/aromatic N) is 3. The van der Waals surface area contributed by atoms with Crippen LogP contribution in [0.4, 0.5) is 4.39 Å². The highest BCUT2D eigenvalue weighted by molar-refractivity contribution is 9.10. The summed E-state index contributed by atoms with van der Waals surface area (Å²) in [5, 5.41) is 3.38. The fourth-order valence-electron chi connectivity index (χ4n) is 2.53. The second-order valence-electron chi connectivity index (χ2n) is 6.09. The summed E-state index contributed by atoms with van der Waals surface area (Å²) in [7, 11) is -1.16. The maximum atomic E-state index is 13.6. The predicted octanol–water partition coefficient (Wildman–Crippen LogP) is 2.71. The molecule has 0 fully saturated rings. The number of aromatic nitrogens is 2. The number of benzene rings is 1. The van der Waals surface area contributed by atoms with E-state index in [9.17, 15) is 17.6 Å². The smallest absolute Gasteiger partial charge is 0.270 e. The molecule has 10 heteroatoms. The lowest BCUT2D eigenvalue weighted by Crippen LogP contribution is -2.27. The van der Waals surface area contributed by atoms with Gasteiger partial charge in [0.1, 0.15) is 16.1 Å². The van der Waals surface area contributed by atoms with Gasteiger partial charge in [0.05, 0.1) is 10.4 Å². The van der Waals surface area contributed by atoms with E-state index in [0.29, 0.717) is 10.1 Å². The van der Waals surface area contributed by atoms with E-state index in [0.717, 1.165) is 21.8 Å². The molecular formula is C18H16BrFN4O3S. The van der Waals surface area contributed by atoms with E-state index in [1.807, 2.05) is 6.07 Å². The van der Waals surface area contributed by atoms with E-state index >= 15 is 0 Å². The first kappa shape index (κ1) is 20.3. The molecule has 3 aromatic rings. The van der Waals surface area contributed by atoms with E-state index in [-0.39, 0.29) is 22.7 Å². The minimum Gasteiger partial charge on any atom is -0.347 e. The Morgan fingerprint density at radius 3 is 2.71 bits per heavy atom. The van der Waals surface area contributed by atoms with Crippen LogP contribution in [0.5, 0.6) is 0 Å². The van der Waals surface area contributed by atoms with E-state index < -0.39 is 21.7 Å². The normalized spacial score (nSPS) is 11.8. The molecule has 2 aromatic heterocycles. The summed E-state index contributed by atoms with van der Waals surface area (Å²) in [6, 6.07) is 8.53. The molecule has 0 saturated carbocycles. The third kappa shape index (κ3) is 4.03. The fraction of sp³-hybridized carbons (Fsp3) is 0.167. The second kappa shape index (κ2) is 7.90. The van der Waals surface area contributed by atoms with Crippen molar-refractivity contribution in [2.24, 2.45) is 0 Å². The zero-order valence-electron chi connectivity index (χ0n) is 15.0. The maximum Gasteiger partial charge on any atom is 0.270 e. The van der Waals surface area contributed by atoms with Gasteiger partial charge in [0, 0.05) is 32.2 Å². The minimum absolute atomic E-state index is 0.110. The van der Waals surface area contributed by atoms with Gasteiger partial charge in [-0.2, -0.15) is 0 Å². The van der Waals surface area contributed by atoms with Gasteiger partial charge >= 0.3 is 0 Å². The Bertz CT molecular complexity index is 1170. The van der Waals surface area contributed by atoms with Crippen LogP contribution >= 0.6 is 15.9 Å². The standard InChI is InChI=1S/C18H16BrFN4O3S/c1-24(2)28(26,27)16-8-12(20)6-5-11(16)10-22-18(25)15-9-14-13(17(19)23-15)4-3-7-21-14/h3-9H,10H2,1-2H3,(H,22,25). The first-order chi connectivity index (χ1) is 13.2. The number of carbonyl (C=O) groups is 1. The number of rotatable bonds is 5. The molecule has 28 heavy (non-hydrogen) atoms. The molecule has 146 valence electrons. The van der Waals surface area contributed by atoms with Crippen molar-refractivity contribution >= 4 is 42.8 Å². The number of hydrogen-bond acceptors (Lipinski definition) is 5. The molecule has 3 rings (SSSR count). The van der Waals surface area contributed by atoms with Gasteiger partial charge in [-0.15, -0.1) is 0 Å². The summed E-state index contributed by atoms with van der Waals surface area (Å²) >= 11 is 3.32. The van der Waals surface area contributed by atoms with Gasteiger partial charge < -0.3 is 5.32 Å². The SMILES string of the molecule is CN(C)S(=O)(=O)c1cc(F)ccc1CNC(=O)c1cc2ncccc2c(Br)n1. The molecule has 1 amide bonds. The van der Waals surface area contributed by atoms with Crippen LogP contribution in [0, 0.1) is 5.82 Å². The summed E-state index contributed by atoms with van der Waals surface area (Å²) < 4.78 is 39.9. The van der Waals surface area contributed by atoms with E-state index in [1.165, 1.54) is 26.2 Å². The second-order valence-corrected chi connectivity index (χ2v) is 8.96. The van der Waals surface area contributed by atoms with Crippen LogP contribution in [0.25, 0.3) is 10.9 Å². The molecule has 2 heterocycles. The Kier molecular flexibility index (Phi) is 5.73. The Balaban J connectivity index is 1.88. The molecule has 0 radical (unpaired) electrons. The van der Waals surface area contributed by atoms with Gasteiger partial charge in [-0.25, -0.2) is 22.1 Å². The van der Waals surface area contributed by atoms with Crippen molar-refractivity contribution in [1.82, 2.24) is 19.6 Å². The monoisotopic (exact) mass is 466 g/mol. The van der Waals surface area contributed by atoms with Crippen molar-refractivity contribution in [3.8, 4) is 0 Å².